The molecule has 3 aliphatic heterocycles. The zero-order valence-corrected chi connectivity index (χ0v) is 24.1. The molecule has 218 valence electrons. The summed E-state index contributed by atoms with van der Waals surface area (Å²) in [6.07, 6.45) is 7.68. The molecule has 3 saturated heterocycles. The third-order valence-electron chi connectivity index (χ3n) is 10.1. The van der Waals surface area contributed by atoms with Gasteiger partial charge in [0.05, 0.1) is 30.8 Å². The van der Waals surface area contributed by atoms with Crippen LogP contribution < -0.4 is 0 Å². The van der Waals surface area contributed by atoms with E-state index in [-0.39, 0.29) is 37.0 Å². The normalized spacial score (nSPS) is 34.0. The Morgan fingerprint density at radius 3 is 2.58 bits per heavy atom. The molecule has 1 N–H and O–H groups in total. The van der Waals surface area contributed by atoms with Gasteiger partial charge in [-0.3, -0.25) is 14.4 Å². The minimum atomic E-state index is -1.17. The summed E-state index contributed by atoms with van der Waals surface area (Å²) in [5.74, 6) is -2.65. The van der Waals surface area contributed by atoms with Crippen LogP contribution in [0.2, 0.25) is 0 Å². The van der Waals surface area contributed by atoms with Crippen LogP contribution in [-0.2, 0) is 30.3 Å². The Balaban J connectivity index is 1.61. The number of benzene rings is 1. The standard InChI is InChI=1S/C32H44N2O6/c1-5-17-33(23-15-11-8-12-16-23)29(37)27-32-19-21(3)31(4,40-32)26(30(38)39-6-2)25(32)28(36)34(27)24(20-35)18-22-13-9-7-10-14-22/h5,7,9-10,13-14,21,23-27,35H,1,6,8,11-12,15-20H2,2-4H3/t21?,24-,25+,26+,27?,31-,32?/m1/s1. The summed E-state index contributed by atoms with van der Waals surface area (Å²) in [5.41, 5.74) is -1.13. The first-order valence-electron chi connectivity index (χ1n) is 15.0. The lowest BCUT2D eigenvalue weighted by Gasteiger charge is -2.42. The second kappa shape index (κ2) is 11.3. The van der Waals surface area contributed by atoms with Gasteiger partial charge < -0.3 is 24.4 Å². The number of nitrogens with zero attached hydrogens (tertiary/aromatic N) is 2. The Labute approximate surface area is 237 Å². The van der Waals surface area contributed by atoms with Crippen molar-refractivity contribution in [1.29, 1.82) is 0 Å². The number of hydrogen-bond donors (Lipinski definition) is 1. The summed E-state index contributed by atoms with van der Waals surface area (Å²) in [7, 11) is 0. The smallest absolute Gasteiger partial charge is 0.312 e. The van der Waals surface area contributed by atoms with Crippen LogP contribution >= 0.6 is 0 Å². The van der Waals surface area contributed by atoms with E-state index >= 15 is 0 Å². The van der Waals surface area contributed by atoms with Crippen LogP contribution in [0.3, 0.4) is 0 Å². The first-order chi connectivity index (χ1) is 19.2. The lowest BCUT2D eigenvalue weighted by Crippen LogP contribution is -2.60. The van der Waals surface area contributed by atoms with Gasteiger partial charge in [-0.15, -0.1) is 6.58 Å². The van der Waals surface area contributed by atoms with E-state index in [0.717, 1.165) is 37.7 Å². The first-order valence-corrected chi connectivity index (χ1v) is 15.0. The summed E-state index contributed by atoms with van der Waals surface area (Å²) >= 11 is 0. The number of hydrogen-bond acceptors (Lipinski definition) is 6. The number of aliphatic hydroxyl groups excluding tert-OH is 1. The van der Waals surface area contributed by atoms with E-state index in [9.17, 15) is 19.5 Å². The molecular weight excluding hydrogens is 508 g/mol. The second-order valence-electron chi connectivity index (χ2n) is 12.3. The molecule has 1 aliphatic carbocycles. The van der Waals surface area contributed by atoms with Crippen molar-refractivity contribution in [3.8, 4) is 0 Å². The number of aliphatic hydroxyl groups is 1. The van der Waals surface area contributed by atoms with Crippen LogP contribution in [0.5, 0.6) is 0 Å². The number of ether oxygens (including phenoxy) is 2. The van der Waals surface area contributed by atoms with E-state index < -0.39 is 41.1 Å². The van der Waals surface area contributed by atoms with E-state index in [4.69, 9.17) is 9.47 Å². The zero-order chi connectivity index (χ0) is 28.7. The fourth-order valence-electron chi connectivity index (χ4n) is 8.18. The van der Waals surface area contributed by atoms with Gasteiger partial charge in [-0.25, -0.2) is 0 Å². The number of carbonyl (C=O) groups is 3. The van der Waals surface area contributed by atoms with E-state index in [1.54, 1.807) is 17.9 Å². The van der Waals surface area contributed by atoms with E-state index in [1.807, 2.05) is 49.1 Å². The van der Waals surface area contributed by atoms with Crippen molar-refractivity contribution in [2.75, 3.05) is 19.8 Å². The Hall–Kier alpha value is -2.71. The van der Waals surface area contributed by atoms with Gasteiger partial charge >= 0.3 is 5.97 Å². The van der Waals surface area contributed by atoms with Gasteiger partial charge in [-0.1, -0.05) is 62.6 Å². The predicted octanol–water partition coefficient (Wildman–Crippen LogP) is 3.51. The molecule has 2 amide bonds. The van der Waals surface area contributed by atoms with Crippen LogP contribution in [0.1, 0.15) is 64.9 Å². The quantitative estimate of drug-likeness (QED) is 0.353. The second-order valence-corrected chi connectivity index (χ2v) is 12.3. The van der Waals surface area contributed by atoms with Gasteiger partial charge in [0.1, 0.15) is 17.6 Å². The maximum Gasteiger partial charge on any atom is 0.312 e. The molecule has 8 nitrogen and oxygen atoms in total. The molecule has 0 aromatic heterocycles. The van der Waals surface area contributed by atoms with Gasteiger partial charge in [-0.05, 0) is 51.0 Å². The van der Waals surface area contributed by atoms with Crippen molar-refractivity contribution in [2.24, 2.45) is 17.8 Å². The van der Waals surface area contributed by atoms with Gasteiger partial charge in [0.2, 0.25) is 11.8 Å². The maximum absolute atomic E-state index is 14.8. The maximum atomic E-state index is 14.8. The van der Waals surface area contributed by atoms with Crippen molar-refractivity contribution in [1.82, 2.24) is 9.80 Å². The Morgan fingerprint density at radius 1 is 1.25 bits per heavy atom. The molecule has 0 radical (unpaired) electrons. The van der Waals surface area contributed by atoms with Crippen molar-refractivity contribution in [3.05, 3.63) is 48.6 Å². The number of esters is 1. The number of likely N-dealkylation sites (tertiary alicyclic amines) is 1. The molecule has 7 atom stereocenters. The summed E-state index contributed by atoms with van der Waals surface area (Å²) in [6.45, 7) is 9.86. The van der Waals surface area contributed by atoms with E-state index in [0.29, 0.717) is 19.4 Å². The summed E-state index contributed by atoms with van der Waals surface area (Å²) in [4.78, 5) is 46.3. The largest absolute Gasteiger partial charge is 0.466 e. The predicted molar refractivity (Wildman–Crippen MR) is 150 cm³/mol. The van der Waals surface area contributed by atoms with Gasteiger partial charge in [0.25, 0.3) is 0 Å². The highest BCUT2D eigenvalue weighted by Crippen LogP contribution is 2.65. The molecule has 4 aliphatic rings. The first kappa shape index (κ1) is 28.8. The Morgan fingerprint density at radius 2 is 1.95 bits per heavy atom. The fraction of sp³-hybridized carbons (Fsp3) is 0.656. The Kier molecular flexibility index (Phi) is 8.13. The summed E-state index contributed by atoms with van der Waals surface area (Å²) < 4.78 is 12.3. The highest BCUT2D eigenvalue weighted by atomic mass is 16.6. The number of amides is 2. The van der Waals surface area contributed by atoms with Crippen molar-refractivity contribution in [2.45, 2.75) is 95.0 Å². The molecule has 1 spiro atoms. The lowest BCUT2D eigenvalue weighted by molar-refractivity contribution is -0.164. The topological polar surface area (TPSA) is 96.4 Å². The summed E-state index contributed by atoms with van der Waals surface area (Å²) in [6, 6.07) is 8.14. The van der Waals surface area contributed by atoms with Gasteiger partial charge in [-0.2, -0.15) is 0 Å². The van der Waals surface area contributed by atoms with Gasteiger partial charge in [0, 0.05) is 12.6 Å². The third-order valence-corrected chi connectivity index (χ3v) is 10.1. The highest BCUT2D eigenvalue weighted by Gasteiger charge is 2.80. The van der Waals surface area contributed by atoms with Crippen LogP contribution in [0.4, 0.5) is 0 Å². The number of rotatable bonds is 10. The van der Waals surface area contributed by atoms with E-state index in [2.05, 4.69) is 6.58 Å². The minimum absolute atomic E-state index is 0.0563. The van der Waals surface area contributed by atoms with Gasteiger partial charge in [0.15, 0.2) is 0 Å². The molecule has 3 unspecified atom stereocenters. The molecule has 1 aromatic carbocycles. The fourth-order valence-corrected chi connectivity index (χ4v) is 8.18. The van der Waals surface area contributed by atoms with Crippen LogP contribution in [0.15, 0.2) is 43.0 Å². The average Bonchev–Trinajstić information content (AvgIpc) is 3.47. The molecule has 3 heterocycles. The molecule has 4 fully saturated rings. The molecule has 5 rings (SSSR count). The molecular formula is C32H44N2O6. The van der Waals surface area contributed by atoms with Crippen LogP contribution in [0, 0.1) is 17.8 Å². The molecule has 1 saturated carbocycles. The van der Waals surface area contributed by atoms with Crippen LogP contribution in [0.25, 0.3) is 0 Å². The SMILES string of the molecule is C=CCN(C(=O)C1N([C@@H](CO)Cc2ccccc2)C(=O)[C@@H]2[C@@H](C(=O)OCC)[C@]3(C)OC12CC3C)C1CCCCC1. The molecule has 1 aromatic rings. The van der Waals surface area contributed by atoms with Crippen molar-refractivity contribution >= 4 is 17.8 Å². The lowest BCUT2D eigenvalue weighted by atomic mass is 9.62. The average molecular weight is 553 g/mol. The Bertz CT molecular complexity index is 1120. The number of fused-ring (bicyclic) bond motifs is 1. The van der Waals surface area contributed by atoms with Crippen LogP contribution in [-0.4, -0.2) is 81.8 Å². The minimum Gasteiger partial charge on any atom is -0.466 e. The van der Waals surface area contributed by atoms with E-state index in [1.165, 1.54) is 0 Å². The molecule has 40 heavy (non-hydrogen) atoms. The third kappa shape index (κ3) is 4.48. The monoisotopic (exact) mass is 552 g/mol. The zero-order valence-electron chi connectivity index (χ0n) is 24.1. The van der Waals surface area contributed by atoms with Crippen molar-refractivity contribution in [3.63, 3.8) is 0 Å². The molecule has 2 bridgehead atoms. The summed E-state index contributed by atoms with van der Waals surface area (Å²) in [5, 5.41) is 10.7. The van der Waals surface area contributed by atoms with Crippen molar-refractivity contribution < 1.29 is 29.0 Å². The highest BCUT2D eigenvalue weighted by molar-refractivity contribution is 5.99. The molecule has 8 heteroatoms. The number of carbonyl (C=O) groups excluding carboxylic acids is 3.